The van der Waals surface area contributed by atoms with Crippen LogP contribution in [0.2, 0.25) is 0 Å². The van der Waals surface area contributed by atoms with Crippen LogP contribution in [0.3, 0.4) is 0 Å². The van der Waals surface area contributed by atoms with Crippen molar-refractivity contribution in [1.29, 1.82) is 0 Å². The van der Waals surface area contributed by atoms with E-state index in [1.807, 2.05) is 55.8 Å². The molecular formula is C18H20N2O3. The van der Waals surface area contributed by atoms with Gasteiger partial charge in [0.25, 0.3) is 0 Å². The number of hydrogen-bond donors (Lipinski definition) is 0. The minimum Gasteiger partial charge on any atom is -0.454 e. The zero-order chi connectivity index (χ0) is 16.8. The maximum atomic E-state index is 12.9. The van der Waals surface area contributed by atoms with Gasteiger partial charge in [-0.15, -0.1) is 0 Å². The number of para-hydroxylation sites is 1. The Morgan fingerprint density at radius 1 is 1.30 bits per heavy atom. The average Bonchev–Trinajstić information content (AvgIpc) is 2.80. The fourth-order valence-electron chi connectivity index (χ4n) is 3.23. The highest BCUT2D eigenvalue weighted by Gasteiger charge is 2.46. The molecule has 5 heteroatoms. The second-order valence-corrected chi connectivity index (χ2v) is 6.67. The van der Waals surface area contributed by atoms with E-state index in [0.717, 1.165) is 11.4 Å². The SMILES string of the molecule is CC(=O)OC1C(=O)c2c(C)nn(-c3ccccc3)c2CC1(C)C. The van der Waals surface area contributed by atoms with Crippen LogP contribution in [0.1, 0.15) is 42.5 Å². The van der Waals surface area contributed by atoms with Gasteiger partial charge < -0.3 is 4.74 Å². The fraction of sp³-hybridized carbons (Fsp3) is 0.389. The summed E-state index contributed by atoms with van der Waals surface area (Å²) in [6, 6.07) is 9.75. The molecule has 0 saturated heterocycles. The lowest BCUT2D eigenvalue weighted by molar-refractivity contribution is -0.149. The quantitative estimate of drug-likeness (QED) is 0.800. The molecule has 0 fully saturated rings. The Balaban J connectivity index is 2.14. The summed E-state index contributed by atoms with van der Waals surface area (Å²) in [5.74, 6) is -0.598. The van der Waals surface area contributed by atoms with Crippen LogP contribution in [0.15, 0.2) is 30.3 Å². The standard InChI is InChI=1S/C18H20N2O3/c1-11-15-14(20(19-11)13-8-6-5-7-9-13)10-18(3,4)17(16(15)22)23-12(2)21/h5-9,17H,10H2,1-4H3. The Labute approximate surface area is 135 Å². The van der Waals surface area contributed by atoms with E-state index in [2.05, 4.69) is 5.10 Å². The predicted octanol–water partition coefficient (Wildman–Crippen LogP) is 2.88. The van der Waals surface area contributed by atoms with E-state index in [1.54, 1.807) is 0 Å². The highest BCUT2D eigenvalue weighted by atomic mass is 16.5. The molecule has 1 unspecified atom stereocenters. The highest BCUT2D eigenvalue weighted by Crippen LogP contribution is 2.39. The first kappa shape index (κ1) is 15.5. The molecule has 2 aromatic rings. The smallest absolute Gasteiger partial charge is 0.303 e. The van der Waals surface area contributed by atoms with E-state index < -0.39 is 17.5 Å². The number of carbonyl (C=O) groups is 2. The molecule has 0 amide bonds. The van der Waals surface area contributed by atoms with Crippen LogP contribution in [-0.4, -0.2) is 27.6 Å². The van der Waals surface area contributed by atoms with Crippen LogP contribution in [0.5, 0.6) is 0 Å². The van der Waals surface area contributed by atoms with Gasteiger partial charge in [0.15, 0.2) is 6.10 Å². The number of rotatable bonds is 2. The number of carbonyl (C=O) groups excluding carboxylic acids is 2. The number of benzene rings is 1. The molecule has 0 spiro atoms. The van der Waals surface area contributed by atoms with Gasteiger partial charge in [0.05, 0.1) is 22.6 Å². The summed E-state index contributed by atoms with van der Waals surface area (Å²) < 4.78 is 7.15. The lowest BCUT2D eigenvalue weighted by Gasteiger charge is -2.36. The Bertz CT molecular complexity index is 775. The van der Waals surface area contributed by atoms with Crippen LogP contribution in [-0.2, 0) is 16.0 Å². The lowest BCUT2D eigenvalue weighted by atomic mass is 9.73. The zero-order valence-electron chi connectivity index (χ0n) is 13.8. The summed E-state index contributed by atoms with van der Waals surface area (Å²) in [7, 11) is 0. The van der Waals surface area contributed by atoms with E-state index in [1.165, 1.54) is 6.92 Å². The summed E-state index contributed by atoms with van der Waals surface area (Å²) in [5, 5.41) is 4.55. The molecule has 0 radical (unpaired) electrons. The molecule has 1 aliphatic rings. The van der Waals surface area contributed by atoms with Gasteiger partial charge in [-0.05, 0) is 25.5 Å². The van der Waals surface area contributed by atoms with Crippen LogP contribution in [0.25, 0.3) is 5.69 Å². The van der Waals surface area contributed by atoms with Gasteiger partial charge in [0.1, 0.15) is 0 Å². The first-order valence-electron chi connectivity index (χ1n) is 7.66. The molecule has 0 bridgehead atoms. The molecule has 0 aliphatic heterocycles. The Morgan fingerprint density at radius 3 is 2.57 bits per heavy atom. The van der Waals surface area contributed by atoms with Crippen molar-refractivity contribution in [2.45, 2.75) is 40.2 Å². The monoisotopic (exact) mass is 312 g/mol. The van der Waals surface area contributed by atoms with Gasteiger partial charge in [0.2, 0.25) is 5.78 Å². The second kappa shape index (κ2) is 5.33. The lowest BCUT2D eigenvalue weighted by Crippen LogP contribution is -2.45. The van der Waals surface area contributed by atoms with Crippen molar-refractivity contribution in [2.24, 2.45) is 5.41 Å². The summed E-state index contributed by atoms with van der Waals surface area (Å²) in [4.78, 5) is 24.3. The number of fused-ring (bicyclic) bond motifs is 1. The molecule has 23 heavy (non-hydrogen) atoms. The first-order valence-corrected chi connectivity index (χ1v) is 7.66. The molecule has 120 valence electrons. The zero-order valence-corrected chi connectivity index (χ0v) is 13.8. The molecule has 1 aliphatic carbocycles. The van der Waals surface area contributed by atoms with Crippen LogP contribution in [0.4, 0.5) is 0 Å². The van der Waals surface area contributed by atoms with E-state index in [-0.39, 0.29) is 5.78 Å². The van der Waals surface area contributed by atoms with Gasteiger partial charge in [0, 0.05) is 12.3 Å². The number of aryl methyl sites for hydroxylation is 1. The van der Waals surface area contributed by atoms with Crippen LogP contribution < -0.4 is 0 Å². The topological polar surface area (TPSA) is 61.2 Å². The third-order valence-corrected chi connectivity index (χ3v) is 4.26. The Morgan fingerprint density at radius 2 is 1.96 bits per heavy atom. The normalized spacial score (nSPS) is 19.3. The van der Waals surface area contributed by atoms with Crippen LogP contribution in [0, 0.1) is 12.3 Å². The molecule has 1 atom stereocenters. The van der Waals surface area contributed by atoms with Crippen molar-refractivity contribution >= 4 is 11.8 Å². The number of esters is 1. The third-order valence-electron chi connectivity index (χ3n) is 4.26. The van der Waals surface area contributed by atoms with Crippen molar-refractivity contribution in [1.82, 2.24) is 9.78 Å². The average molecular weight is 312 g/mol. The highest BCUT2D eigenvalue weighted by molar-refractivity contribution is 6.04. The van der Waals surface area contributed by atoms with Gasteiger partial charge in [-0.25, -0.2) is 4.68 Å². The van der Waals surface area contributed by atoms with E-state index in [0.29, 0.717) is 17.7 Å². The summed E-state index contributed by atoms with van der Waals surface area (Å²) >= 11 is 0. The molecule has 0 saturated carbocycles. The third kappa shape index (κ3) is 2.56. The van der Waals surface area contributed by atoms with E-state index in [4.69, 9.17) is 4.74 Å². The molecule has 1 aromatic carbocycles. The van der Waals surface area contributed by atoms with Gasteiger partial charge in [-0.2, -0.15) is 5.10 Å². The number of ketones is 1. The second-order valence-electron chi connectivity index (χ2n) is 6.67. The molecule has 0 N–H and O–H groups in total. The molecule has 3 rings (SSSR count). The maximum Gasteiger partial charge on any atom is 0.303 e. The Hall–Kier alpha value is -2.43. The number of nitrogens with zero attached hydrogens (tertiary/aromatic N) is 2. The Kier molecular flexibility index (Phi) is 3.59. The van der Waals surface area contributed by atoms with E-state index in [9.17, 15) is 9.59 Å². The van der Waals surface area contributed by atoms with Crippen molar-refractivity contribution in [3.05, 3.63) is 47.3 Å². The van der Waals surface area contributed by atoms with Gasteiger partial charge >= 0.3 is 5.97 Å². The van der Waals surface area contributed by atoms with E-state index >= 15 is 0 Å². The summed E-state index contributed by atoms with van der Waals surface area (Å²) in [6.07, 6.45) is -0.151. The van der Waals surface area contributed by atoms with Gasteiger partial charge in [-0.3, -0.25) is 9.59 Å². The van der Waals surface area contributed by atoms with Crippen LogP contribution >= 0.6 is 0 Å². The predicted molar refractivity (Wildman–Crippen MR) is 85.7 cm³/mol. The number of aromatic nitrogens is 2. The van der Waals surface area contributed by atoms with Crippen molar-refractivity contribution in [3.8, 4) is 5.69 Å². The van der Waals surface area contributed by atoms with Crippen molar-refractivity contribution in [3.63, 3.8) is 0 Å². The number of Topliss-reactive ketones (excluding diaryl/α,β-unsaturated/α-hetero) is 1. The molecule has 1 heterocycles. The first-order chi connectivity index (χ1) is 10.8. The largest absolute Gasteiger partial charge is 0.454 e. The van der Waals surface area contributed by atoms with Gasteiger partial charge in [-0.1, -0.05) is 32.0 Å². The van der Waals surface area contributed by atoms with Crippen molar-refractivity contribution in [2.75, 3.05) is 0 Å². The summed E-state index contributed by atoms with van der Waals surface area (Å²) in [6.45, 7) is 7.04. The summed E-state index contributed by atoms with van der Waals surface area (Å²) in [5.41, 5.74) is 2.58. The minimum atomic E-state index is -0.764. The molecule has 1 aromatic heterocycles. The fourth-order valence-corrected chi connectivity index (χ4v) is 3.23. The number of ether oxygens (including phenoxy) is 1. The minimum absolute atomic E-state index is 0.161. The van der Waals surface area contributed by atoms with Crippen molar-refractivity contribution < 1.29 is 14.3 Å². The molecule has 5 nitrogen and oxygen atoms in total. The maximum absolute atomic E-state index is 12.9. The number of hydrogen-bond acceptors (Lipinski definition) is 4. The molecular weight excluding hydrogens is 292 g/mol.